The fraction of sp³-hybridized carbons (Fsp3) is 0.500. The molecule has 0 bridgehead atoms. The minimum atomic E-state index is -0.437. The van der Waals surface area contributed by atoms with Crippen LogP contribution in [0.2, 0.25) is 0 Å². The Bertz CT molecular complexity index is 1120. The second-order valence-corrected chi connectivity index (χ2v) is 8.15. The van der Waals surface area contributed by atoms with Gasteiger partial charge in [0.25, 0.3) is 5.95 Å². The van der Waals surface area contributed by atoms with Crippen molar-refractivity contribution in [2.24, 2.45) is 11.8 Å². The number of esters is 1. The molecule has 3 aromatic heterocycles. The third-order valence-electron chi connectivity index (χ3n) is 6.06. The highest BCUT2D eigenvalue weighted by Gasteiger charge is 2.32. The van der Waals surface area contributed by atoms with Crippen LogP contribution in [0.1, 0.15) is 56.4 Å². The maximum absolute atomic E-state index is 11.9. The zero-order chi connectivity index (χ0) is 22.1. The number of allylic oxidation sites excluding steroid dienone is 1. The number of rotatable bonds is 6. The zero-order valence-corrected chi connectivity index (χ0v) is 18.4. The van der Waals surface area contributed by atoms with Gasteiger partial charge in [0.05, 0.1) is 37.7 Å². The topological polar surface area (TPSA) is 97.0 Å². The number of ether oxygens (including phenoxy) is 2. The van der Waals surface area contributed by atoms with Crippen LogP contribution in [0, 0.1) is 11.8 Å². The maximum atomic E-state index is 11.9. The van der Waals surface area contributed by atoms with Gasteiger partial charge in [-0.15, -0.1) is 0 Å². The van der Waals surface area contributed by atoms with Crippen LogP contribution >= 0.6 is 0 Å². The average molecular weight is 425 g/mol. The maximum Gasteiger partial charge on any atom is 0.341 e. The predicted molar refractivity (Wildman–Crippen MR) is 115 cm³/mol. The quantitative estimate of drug-likeness (QED) is 0.439. The van der Waals surface area contributed by atoms with Crippen molar-refractivity contribution in [3.05, 3.63) is 36.3 Å². The Morgan fingerprint density at radius 3 is 2.77 bits per heavy atom. The second-order valence-electron chi connectivity index (χ2n) is 8.15. The summed E-state index contributed by atoms with van der Waals surface area (Å²) in [5.41, 5.74) is 2.99. The summed E-state index contributed by atoms with van der Waals surface area (Å²) in [6.07, 6.45) is 7.98. The summed E-state index contributed by atoms with van der Waals surface area (Å²) < 4.78 is 14.1. The fourth-order valence-corrected chi connectivity index (χ4v) is 4.25. The van der Waals surface area contributed by atoms with E-state index >= 15 is 0 Å². The molecule has 1 saturated carbocycles. The Morgan fingerprint density at radius 1 is 1.26 bits per heavy atom. The second kappa shape index (κ2) is 8.49. The molecule has 9 nitrogen and oxygen atoms in total. The van der Waals surface area contributed by atoms with E-state index in [4.69, 9.17) is 9.47 Å². The van der Waals surface area contributed by atoms with Crippen molar-refractivity contribution in [3.63, 3.8) is 0 Å². The Hall–Kier alpha value is -3.23. The van der Waals surface area contributed by atoms with Crippen molar-refractivity contribution in [2.45, 2.75) is 46.1 Å². The fourth-order valence-electron chi connectivity index (χ4n) is 4.25. The molecular weight excluding hydrogens is 396 g/mol. The van der Waals surface area contributed by atoms with E-state index in [1.54, 1.807) is 26.4 Å². The molecule has 0 unspecified atom stereocenters. The molecule has 3 heterocycles. The lowest BCUT2D eigenvalue weighted by Gasteiger charge is -2.35. The first-order chi connectivity index (χ1) is 14.9. The number of aromatic nitrogens is 6. The first kappa shape index (κ1) is 21.0. The molecule has 4 rings (SSSR count). The van der Waals surface area contributed by atoms with Gasteiger partial charge in [-0.3, -0.25) is 4.68 Å². The van der Waals surface area contributed by atoms with E-state index in [0.717, 1.165) is 24.8 Å². The molecule has 164 valence electrons. The normalized spacial score (nSPS) is 21.2. The number of hydrogen-bond acceptors (Lipinski definition) is 7. The van der Waals surface area contributed by atoms with Crippen LogP contribution in [0.25, 0.3) is 17.0 Å². The molecular formula is C22H28N6O3. The van der Waals surface area contributed by atoms with Gasteiger partial charge < -0.3 is 9.47 Å². The highest BCUT2D eigenvalue weighted by atomic mass is 16.5. The van der Waals surface area contributed by atoms with Crippen molar-refractivity contribution in [1.82, 2.24) is 29.5 Å². The van der Waals surface area contributed by atoms with Gasteiger partial charge in [0.2, 0.25) is 5.88 Å². The van der Waals surface area contributed by atoms with E-state index in [-0.39, 0.29) is 6.04 Å². The van der Waals surface area contributed by atoms with Gasteiger partial charge in [-0.2, -0.15) is 15.2 Å². The van der Waals surface area contributed by atoms with Crippen LogP contribution in [0.4, 0.5) is 0 Å². The summed E-state index contributed by atoms with van der Waals surface area (Å²) in [7, 11) is 1.58. The first-order valence-electron chi connectivity index (χ1n) is 10.6. The average Bonchev–Trinajstić information content (AvgIpc) is 3.41. The summed E-state index contributed by atoms with van der Waals surface area (Å²) in [5.74, 6) is 1.25. The highest BCUT2D eigenvalue weighted by molar-refractivity contribution is 5.88. The molecule has 0 amide bonds. The Kier molecular flexibility index (Phi) is 5.75. The summed E-state index contributed by atoms with van der Waals surface area (Å²) in [4.78, 5) is 21.1. The van der Waals surface area contributed by atoms with Crippen LogP contribution < -0.4 is 4.74 Å². The molecule has 0 saturated heterocycles. The predicted octanol–water partition coefficient (Wildman–Crippen LogP) is 3.75. The number of methoxy groups -OCH3 is 1. The lowest BCUT2D eigenvalue weighted by molar-refractivity contribution is 0.0526. The number of nitrogens with zero attached hydrogens (tertiary/aromatic N) is 6. The summed E-state index contributed by atoms with van der Waals surface area (Å²) in [5, 5.41) is 8.87. The molecule has 1 aliphatic carbocycles. The van der Waals surface area contributed by atoms with E-state index in [1.165, 1.54) is 16.5 Å². The third-order valence-corrected chi connectivity index (χ3v) is 6.06. The molecule has 1 fully saturated rings. The molecule has 0 aliphatic heterocycles. The van der Waals surface area contributed by atoms with Crippen molar-refractivity contribution >= 4 is 17.0 Å². The van der Waals surface area contributed by atoms with Crippen LogP contribution in [-0.4, -0.2) is 49.2 Å². The van der Waals surface area contributed by atoms with Crippen LogP contribution in [0.3, 0.4) is 0 Å². The molecule has 31 heavy (non-hydrogen) atoms. The smallest absolute Gasteiger partial charge is 0.341 e. The van der Waals surface area contributed by atoms with E-state index in [2.05, 4.69) is 40.6 Å². The molecule has 9 heteroatoms. The zero-order valence-electron chi connectivity index (χ0n) is 18.4. The van der Waals surface area contributed by atoms with Gasteiger partial charge >= 0.3 is 5.97 Å². The van der Waals surface area contributed by atoms with Crippen molar-refractivity contribution in [1.29, 1.82) is 0 Å². The third kappa shape index (κ3) is 3.92. The highest BCUT2D eigenvalue weighted by Crippen LogP contribution is 2.41. The van der Waals surface area contributed by atoms with Crippen molar-refractivity contribution in [3.8, 4) is 11.8 Å². The van der Waals surface area contributed by atoms with Gasteiger partial charge in [0.1, 0.15) is 11.0 Å². The van der Waals surface area contributed by atoms with Gasteiger partial charge in [0, 0.05) is 6.20 Å². The van der Waals surface area contributed by atoms with Gasteiger partial charge in [-0.1, -0.05) is 19.1 Å². The standard InChI is InChI=1S/C22H28N6O3/c1-6-31-21(29)16-10-23-27(12-16)22-25-17-11-24-28(19(17)20(26-22)30-5)18-9-15(13(2)3)8-7-14(18)4/h10-12,14-15,18H,2,6-9H2,1,3-5H3/t14-,15-,18+/m1/s1. The molecule has 0 spiro atoms. The monoisotopic (exact) mass is 424 g/mol. The van der Waals surface area contributed by atoms with Crippen molar-refractivity contribution in [2.75, 3.05) is 13.7 Å². The molecule has 0 aromatic carbocycles. The van der Waals surface area contributed by atoms with Crippen LogP contribution in [-0.2, 0) is 4.74 Å². The minimum absolute atomic E-state index is 0.219. The number of hydrogen-bond donors (Lipinski definition) is 0. The Balaban J connectivity index is 1.72. The Labute approximate surface area is 181 Å². The molecule has 0 radical (unpaired) electrons. The van der Waals surface area contributed by atoms with Crippen LogP contribution in [0.15, 0.2) is 30.7 Å². The van der Waals surface area contributed by atoms with Gasteiger partial charge in [-0.25, -0.2) is 14.5 Å². The Morgan fingerprint density at radius 2 is 2.06 bits per heavy atom. The SMILES string of the molecule is C=C(C)[C@@H]1CC[C@@H](C)[C@@H](n2ncc3nc(-n4cc(C(=O)OCC)cn4)nc(OC)c32)C1. The van der Waals surface area contributed by atoms with Crippen molar-refractivity contribution < 1.29 is 14.3 Å². The first-order valence-corrected chi connectivity index (χ1v) is 10.6. The summed E-state index contributed by atoms with van der Waals surface area (Å²) >= 11 is 0. The molecule has 1 aliphatic rings. The lowest BCUT2D eigenvalue weighted by Crippen LogP contribution is -2.27. The van der Waals surface area contributed by atoms with Gasteiger partial charge in [-0.05, 0) is 44.9 Å². The largest absolute Gasteiger partial charge is 0.479 e. The number of fused-ring (bicyclic) bond motifs is 1. The summed E-state index contributed by atoms with van der Waals surface area (Å²) in [6, 6.07) is 0.219. The van der Waals surface area contributed by atoms with E-state index in [9.17, 15) is 4.79 Å². The molecule has 3 atom stereocenters. The van der Waals surface area contributed by atoms with Gasteiger partial charge in [0.15, 0.2) is 0 Å². The van der Waals surface area contributed by atoms with E-state index < -0.39 is 5.97 Å². The van der Waals surface area contributed by atoms with Crippen LogP contribution in [0.5, 0.6) is 5.88 Å². The molecule has 3 aromatic rings. The van der Waals surface area contributed by atoms with E-state index in [1.807, 2.05) is 4.68 Å². The molecule has 0 N–H and O–H groups in total. The summed E-state index contributed by atoms with van der Waals surface area (Å²) in [6.45, 7) is 10.6. The number of carbonyl (C=O) groups excluding carboxylic acids is 1. The lowest BCUT2D eigenvalue weighted by atomic mass is 9.76. The minimum Gasteiger partial charge on any atom is -0.479 e. The van der Waals surface area contributed by atoms with E-state index in [0.29, 0.717) is 41.4 Å². The number of carbonyl (C=O) groups is 1.